The second-order valence-electron chi connectivity index (χ2n) is 6.81. The van der Waals surface area contributed by atoms with Crippen LogP contribution in [0, 0.1) is 27.2 Å². The number of ether oxygens (including phenoxy) is 2. The number of carbonyl (C=O) groups excluding carboxylic acids is 1. The predicted molar refractivity (Wildman–Crippen MR) is 113 cm³/mol. The Balaban J connectivity index is 1.84. The molecular formula is C20H19N5O7. The number of nitro benzene ring substituents is 1. The molecule has 0 saturated heterocycles. The van der Waals surface area contributed by atoms with E-state index in [1.54, 1.807) is 12.1 Å². The van der Waals surface area contributed by atoms with Crippen LogP contribution in [0.1, 0.15) is 18.5 Å². The topological polar surface area (TPSA) is 152 Å². The Bertz CT molecular complexity index is 1170. The molecule has 1 aromatic heterocycles. The Morgan fingerprint density at radius 3 is 2.34 bits per heavy atom. The van der Waals surface area contributed by atoms with Gasteiger partial charge in [-0.1, -0.05) is 17.7 Å². The van der Waals surface area contributed by atoms with Crippen LogP contribution in [-0.2, 0) is 4.79 Å². The summed E-state index contributed by atoms with van der Waals surface area (Å²) in [6, 6.07) is 9.96. The fraction of sp³-hybridized carbons (Fsp3) is 0.200. The highest BCUT2D eigenvalue weighted by molar-refractivity contribution is 5.94. The number of aryl methyl sites for hydroxylation is 1. The number of hydrogen-bond acceptors (Lipinski definition) is 8. The van der Waals surface area contributed by atoms with E-state index < -0.39 is 27.5 Å². The molecule has 0 spiro atoms. The minimum Gasteiger partial charge on any atom is -0.475 e. The van der Waals surface area contributed by atoms with Gasteiger partial charge in [0.2, 0.25) is 5.91 Å². The summed E-state index contributed by atoms with van der Waals surface area (Å²) in [7, 11) is 1.23. The molecule has 12 nitrogen and oxygen atoms in total. The van der Waals surface area contributed by atoms with Crippen molar-refractivity contribution in [1.82, 2.24) is 9.78 Å². The second kappa shape index (κ2) is 9.12. The summed E-state index contributed by atoms with van der Waals surface area (Å²) in [6.07, 6.45) is 1.07. The van der Waals surface area contributed by atoms with Crippen LogP contribution in [0.25, 0.3) is 0 Å². The molecule has 166 valence electrons. The first-order valence-corrected chi connectivity index (χ1v) is 9.30. The summed E-state index contributed by atoms with van der Waals surface area (Å²) < 4.78 is 11.6. The van der Waals surface area contributed by atoms with E-state index in [1.807, 2.05) is 19.1 Å². The van der Waals surface area contributed by atoms with Crippen molar-refractivity contribution in [2.45, 2.75) is 19.9 Å². The van der Waals surface area contributed by atoms with Gasteiger partial charge < -0.3 is 14.8 Å². The average Bonchev–Trinajstić information content (AvgIpc) is 3.19. The molecule has 0 fully saturated rings. The highest BCUT2D eigenvalue weighted by atomic mass is 16.6. The number of hydrogen-bond donors (Lipinski definition) is 1. The van der Waals surface area contributed by atoms with E-state index in [0.717, 1.165) is 16.4 Å². The lowest BCUT2D eigenvalue weighted by molar-refractivity contribution is -0.385. The molecular weight excluding hydrogens is 422 g/mol. The van der Waals surface area contributed by atoms with Crippen LogP contribution in [0.4, 0.5) is 17.1 Å². The van der Waals surface area contributed by atoms with E-state index in [-0.39, 0.29) is 23.0 Å². The number of nitrogens with one attached hydrogen (secondary N) is 1. The zero-order valence-electron chi connectivity index (χ0n) is 17.3. The van der Waals surface area contributed by atoms with Crippen LogP contribution in [0.2, 0.25) is 0 Å². The smallest absolute Gasteiger partial charge is 0.350 e. The first kappa shape index (κ1) is 22.2. The molecule has 1 atom stereocenters. The normalized spacial score (nSPS) is 11.5. The number of benzene rings is 2. The van der Waals surface area contributed by atoms with Crippen LogP contribution < -0.4 is 14.8 Å². The maximum atomic E-state index is 12.7. The number of carbonyl (C=O) groups is 1. The molecule has 0 aliphatic heterocycles. The summed E-state index contributed by atoms with van der Waals surface area (Å²) in [5.74, 6) is -0.217. The number of non-ortho nitro benzene ring substituents is 1. The maximum absolute atomic E-state index is 12.7. The summed E-state index contributed by atoms with van der Waals surface area (Å²) in [5.41, 5.74) is 0.464. The first-order chi connectivity index (χ1) is 15.2. The lowest BCUT2D eigenvalue weighted by Gasteiger charge is -2.13. The molecule has 2 aromatic carbocycles. The third kappa shape index (κ3) is 4.98. The molecule has 1 amide bonds. The molecule has 0 aliphatic rings. The Hall–Kier alpha value is -4.48. The molecule has 3 rings (SSSR count). The molecule has 0 saturated carbocycles. The number of amides is 1. The first-order valence-electron chi connectivity index (χ1n) is 9.30. The van der Waals surface area contributed by atoms with Gasteiger partial charge in [-0.3, -0.25) is 25.0 Å². The second-order valence-corrected chi connectivity index (χ2v) is 6.81. The molecule has 3 aromatic rings. The van der Waals surface area contributed by atoms with Gasteiger partial charge in [0.25, 0.3) is 5.69 Å². The number of nitro groups is 2. The van der Waals surface area contributed by atoms with Gasteiger partial charge in [-0.15, -0.1) is 5.10 Å². The van der Waals surface area contributed by atoms with Gasteiger partial charge in [0.1, 0.15) is 23.7 Å². The molecule has 12 heteroatoms. The standard InChI is InChI=1S/C20H19N5O7/c1-12-4-6-16(7-5-12)32-17-9-14(8-15(10-17)24(27)28)21-19(26)13(2)23-11-18(25(29)30)20(22-23)31-3/h4-11,13H,1-3H3,(H,21,26). The van der Waals surface area contributed by atoms with Crippen molar-refractivity contribution in [2.24, 2.45) is 0 Å². The van der Waals surface area contributed by atoms with Crippen molar-refractivity contribution < 1.29 is 24.1 Å². The van der Waals surface area contributed by atoms with Crippen LogP contribution in [-0.4, -0.2) is 32.6 Å². The average molecular weight is 441 g/mol. The van der Waals surface area contributed by atoms with Crippen LogP contribution >= 0.6 is 0 Å². The van der Waals surface area contributed by atoms with E-state index in [1.165, 1.54) is 32.2 Å². The van der Waals surface area contributed by atoms with Gasteiger partial charge in [-0.25, -0.2) is 4.68 Å². The van der Waals surface area contributed by atoms with Crippen molar-refractivity contribution in [3.63, 3.8) is 0 Å². The molecule has 1 N–H and O–H groups in total. The van der Waals surface area contributed by atoms with Crippen LogP contribution in [0.5, 0.6) is 17.4 Å². The Morgan fingerprint density at radius 2 is 1.78 bits per heavy atom. The molecule has 0 bridgehead atoms. The largest absolute Gasteiger partial charge is 0.475 e. The highest BCUT2D eigenvalue weighted by Crippen LogP contribution is 2.31. The van der Waals surface area contributed by atoms with E-state index in [0.29, 0.717) is 5.75 Å². The quantitative estimate of drug-likeness (QED) is 0.406. The van der Waals surface area contributed by atoms with Gasteiger partial charge in [-0.05, 0) is 26.0 Å². The van der Waals surface area contributed by atoms with E-state index >= 15 is 0 Å². The summed E-state index contributed by atoms with van der Waals surface area (Å²) in [6.45, 7) is 3.38. The molecule has 1 heterocycles. The molecule has 0 radical (unpaired) electrons. The van der Waals surface area contributed by atoms with Crippen LogP contribution in [0.15, 0.2) is 48.7 Å². The maximum Gasteiger partial charge on any atom is 0.350 e. The number of nitrogens with zero attached hydrogens (tertiary/aromatic N) is 4. The van der Waals surface area contributed by atoms with Crippen molar-refractivity contribution in [3.05, 3.63) is 74.5 Å². The van der Waals surface area contributed by atoms with E-state index in [9.17, 15) is 25.0 Å². The van der Waals surface area contributed by atoms with Gasteiger partial charge in [-0.2, -0.15) is 0 Å². The van der Waals surface area contributed by atoms with Crippen molar-refractivity contribution in [1.29, 1.82) is 0 Å². The summed E-state index contributed by atoms with van der Waals surface area (Å²) >= 11 is 0. The lowest BCUT2D eigenvalue weighted by atomic mass is 10.2. The van der Waals surface area contributed by atoms with Crippen molar-refractivity contribution in [2.75, 3.05) is 12.4 Å². The number of rotatable bonds is 8. The van der Waals surface area contributed by atoms with Gasteiger partial charge in [0.05, 0.1) is 28.7 Å². The molecule has 0 aliphatic carbocycles. The monoisotopic (exact) mass is 441 g/mol. The summed E-state index contributed by atoms with van der Waals surface area (Å²) in [5, 5.41) is 28.9. The Labute approximate surface area is 181 Å². The summed E-state index contributed by atoms with van der Waals surface area (Å²) in [4.78, 5) is 33.8. The van der Waals surface area contributed by atoms with Gasteiger partial charge in [0, 0.05) is 12.1 Å². The number of methoxy groups -OCH3 is 1. The van der Waals surface area contributed by atoms with E-state index in [2.05, 4.69) is 10.4 Å². The third-order valence-corrected chi connectivity index (χ3v) is 4.47. The Morgan fingerprint density at radius 1 is 1.09 bits per heavy atom. The zero-order valence-corrected chi connectivity index (χ0v) is 17.3. The zero-order chi connectivity index (χ0) is 23.4. The predicted octanol–water partition coefficient (Wildman–Crippen LogP) is 4.01. The van der Waals surface area contributed by atoms with Gasteiger partial charge >= 0.3 is 11.6 Å². The van der Waals surface area contributed by atoms with Crippen molar-refractivity contribution in [3.8, 4) is 17.4 Å². The minimum absolute atomic E-state index is 0.117. The van der Waals surface area contributed by atoms with E-state index in [4.69, 9.17) is 9.47 Å². The highest BCUT2D eigenvalue weighted by Gasteiger charge is 2.25. The van der Waals surface area contributed by atoms with Crippen LogP contribution in [0.3, 0.4) is 0 Å². The third-order valence-electron chi connectivity index (χ3n) is 4.47. The number of aromatic nitrogens is 2. The molecule has 32 heavy (non-hydrogen) atoms. The SMILES string of the molecule is COc1nn(C(C)C(=O)Nc2cc(Oc3ccc(C)cc3)cc([N+](=O)[O-])c2)cc1[N+](=O)[O-]. The fourth-order valence-corrected chi connectivity index (χ4v) is 2.76. The fourth-order valence-electron chi connectivity index (χ4n) is 2.76. The van der Waals surface area contributed by atoms with Gasteiger partial charge in [0.15, 0.2) is 0 Å². The lowest BCUT2D eigenvalue weighted by Crippen LogP contribution is -2.24. The van der Waals surface area contributed by atoms with Crippen molar-refractivity contribution >= 4 is 23.0 Å². The number of anilines is 1. The Kier molecular flexibility index (Phi) is 6.33. The minimum atomic E-state index is -0.974. The molecule has 1 unspecified atom stereocenters.